The number of carbonyl (C=O) groups excluding carboxylic acids is 1. The number of carboxylic acid groups (broad SMARTS) is 1. The predicted octanol–water partition coefficient (Wildman–Crippen LogP) is 2.23. The first-order valence-electron chi connectivity index (χ1n) is 6.31. The summed E-state index contributed by atoms with van der Waals surface area (Å²) < 4.78 is 0. The lowest BCUT2D eigenvalue weighted by Gasteiger charge is -2.37. The number of nitrogens with one attached hydrogen (secondary N) is 1. The second-order valence-corrected chi connectivity index (χ2v) is 5.45. The number of carbonyl (C=O) groups is 2. The van der Waals surface area contributed by atoms with Crippen LogP contribution in [0.2, 0.25) is 5.02 Å². The molecule has 0 spiro atoms. The van der Waals surface area contributed by atoms with Crippen LogP contribution in [0.1, 0.15) is 29.6 Å². The van der Waals surface area contributed by atoms with E-state index in [-0.39, 0.29) is 22.8 Å². The lowest BCUT2D eigenvalue weighted by atomic mass is 9.69. The van der Waals surface area contributed by atoms with Gasteiger partial charge in [0.1, 0.15) is 0 Å². The third-order valence-electron chi connectivity index (χ3n) is 3.76. The summed E-state index contributed by atoms with van der Waals surface area (Å²) in [5.41, 5.74) is -1.21. The van der Waals surface area contributed by atoms with E-state index in [2.05, 4.69) is 5.32 Å². The first-order valence-corrected chi connectivity index (χ1v) is 6.69. The van der Waals surface area contributed by atoms with Crippen LogP contribution in [0, 0.1) is 15.5 Å². The maximum Gasteiger partial charge on any atom is 0.311 e. The minimum absolute atomic E-state index is 0.0137. The number of amides is 1. The molecule has 0 atom stereocenters. The molecule has 2 N–H and O–H groups in total. The minimum Gasteiger partial charge on any atom is -0.481 e. The third kappa shape index (κ3) is 2.97. The van der Waals surface area contributed by atoms with E-state index < -0.39 is 22.2 Å². The first kappa shape index (κ1) is 15.2. The highest BCUT2D eigenvalue weighted by molar-refractivity contribution is 6.33. The molecule has 0 unspecified atom stereocenters. The van der Waals surface area contributed by atoms with Crippen molar-refractivity contribution in [2.45, 2.75) is 19.3 Å². The molecule has 1 amide bonds. The van der Waals surface area contributed by atoms with Gasteiger partial charge in [0.25, 0.3) is 11.6 Å². The molecule has 0 radical (unpaired) electrons. The molecule has 0 aromatic heterocycles. The highest BCUT2D eigenvalue weighted by Crippen LogP contribution is 2.40. The van der Waals surface area contributed by atoms with Crippen molar-refractivity contribution >= 4 is 29.2 Å². The van der Waals surface area contributed by atoms with Gasteiger partial charge in [0.15, 0.2) is 0 Å². The molecule has 0 saturated heterocycles. The fourth-order valence-corrected chi connectivity index (χ4v) is 2.42. The zero-order valence-electron chi connectivity index (χ0n) is 11.0. The van der Waals surface area contributed by atoms with Crippen molar-refractivity contribution < 1.29 is 19.6 Å². The summed E-state index contributed by atoms with van der Waals surface area (Å²) >= 11 is 5.86. The van der Waals surface area contributed by atoms with Crippen LogP contribution < -0.4 is 5.32 Å². The maximum absolute atomic E-state index is 12.0. The number of carboxylic acids is 1. The van der Waals surface area contributed by atoms with E-state index in [0.717, 1.165) is 12.5 Å². The molecular formula is C13H13ClN2O5. The second kappa shape index (κ2) is 5.69. The number of hydrogen-bond donors (Lipinski definition) is 2. The van der Waals surface area contributed by atoms with E-state index in [1.165, 1.54) is 12.1 Å². The van der Waals surface area contributed by atoms with Gasteiger partial charge in [-0.3, -0.25) is 19.7 Å². The van der Waals surface area contributed by atoms with Crippen LogP contribution in [-0.2, 0) is 4.79 Å². The van der Waals surface area contributed by atoms with Gasteiger partial charge < -0.3 is 10.4 Å². The number of nitro groups is 1. The van der Waals surface area contributed by atoms with Crippen molar-refractivity contribution in [3.05, 3.63) is 38.9 Å². The largest absolute Gasteiger partial charge is 0.481 e. The van der Waals surface area contributed by atoms with Crippen LogP contribution in [0.15, 0.2) is 18.2 Å². The SMILES string of the molecule is O=C(NCC1(C(=O)O)CCC1)c1cc([N+](=O)[O-])ccc1Cl. The minimum atomic E-state index is -0.945. The lowest BCUT2D eigenvalue weighted by molar-refractivity contribution is -0.384. The van der Waals surface area contributed by atoms with Crippen LogP contribution in [0.4, 0.5) is 5.69 Å². The van der Waals surface area contributed by atoms with E-state index in [9.17, 15) is 24.8 Å². The van der Waals surface area contributed by atoms with Gasteiger partial charge in [0, 0.05) is 18.7 Å². The van der Waals surface area contributed by atoms with Crippen molar-refractivity contribution in [3.63, 3.8) is 0 Å². The van der Waals surface area contributed by atoms with Crippen molar-refractivity contribution in [2.75, 3.05) is 6.54 Å². The quantitative estimate of drug-likeness (QED) is 0.640. The number of halogens is 1. The van der Waals surface area contributed by atoms with Gasteiger partial charge in [0.05, 0.1) is 20.9 Å². The molecular weight excluding hydrogens is 300 g/mol. The Labute approximate surface area is 125 Å². The number of nitrogens with zero attached hydrogens (tertiary/aromatic N) is 1. The summed E-state index contributed by atoms with van der Waals surface area (Å²) in [6.45, 7) is -0.0137. The highest BCUT2D eigenvalue weighted by Gasteiger charge is 2.44. The zero-order chi connectivity index (χ0) is 15.6. The molecule has 1 aliphatic rings. The van der Waals surface area contributed by atoms with Crippen molar-refractivity contribution in [1.29, 1.82) is 0 Å². The van der Waals surface area contributed by atoms with Crippen molar-refractivity contribution in [1.82, 2.24) is 5.32 Å². The van der Waals surface area contributed by atoms with Crippen LogP contribution in [0.25, 0.3) is 0 Å². The average molecular weight is 313 g/mol. The molecule has 112 valence electrons. The number of rotatable bonds is 5. The van der Waals surface area contributed by atoms with E-state index >= 15 is 0 Å². The van der Waals surface area contributed by atoms with Crippen LogP contribution in [0.3, 0.4) is 0 Å². The number of non-ortho nitro benzene ring substituents is 1. The average Bonchev–Trinajstić information content (AvgIpc) is 2.36. The molecule has 7 nitrogen and oxygen atoms in total. The number of nitro benzene ring substituents is 1. The smallest absolute Gasteiger partial charge is 0.311 e. The molecule has 21 heavy (non-hydrogen) atoms. The Kier molecular flexibility index (Phi) is 4.13. The predicted molar refractivity (Wildman–Crippen MR) is 74.4 cm³/mol. The van der Waals surface area contributed by atoms with E-state index in [0.29, 0.717) is 12.8 Å². The Morgan fingerprint density at radius 2 is 2.10 bits per heavy atom. The molecule has 1 aromatic rings. The Morgan fingerprint density at radius 3 is 2.57 bits per heavy atom. The van der Waals surface area contributed by atoms with Gasteiger partial charge in [-0.15, -0.1) is 0 Å². The van der Waals surface area contributed by atoms with Gasteiger partial charge >= 0.3 is 5.97 Å². The van der Waals surface area contributed by atoms with Crippen LogP contribution >= 0.6 is 11.6 Å². The number of aliphatic carboxylic acids is 1. The molecule has 8 heteroatoms. The Hall–Kier alpha value is -2.15. The zero-order valence-corrected chi connectivity index (χ0v) is 11.7. The fraction of sp³-hybridized carbons (Fsp3) is 0.385. The molecule has 0 bridgehead atoms. The van der Waals surface area contributed by atoms with Gasteiger partial charge in [0.2, 0.25) is 0 Å². The lowest BCUT2D eigenvalue weighted by Crippen LogP contribution is -2.47. The molecule has 1 fully saturated rings. The third-order valence-corrected chi connectivity index (χ3v) is 4.09. The molecule has 1 saturated carbocycles. The van der Waals surface area contributed by atoms with Gasteiger partial charge in [-0.05, 0) is 18.9 Å². The topological polar surface area (TPSA) is 110 Å². The molecule has 2 rings (SSSR count). The Morgan fingerprint density at radius 1 is 1.43 bits per heavy atom. The molecule has 1 aromatic carbocycles. The summed E-state index contributed by atoms with van der Waals surface area (Å²) in [5, 5.41) is 22.5. The standard InChI is InChI=1S/C13H13ClN2O5/c14-10-3-2-8(16(20)21)6-9(10)11(17)15-7-13(12(18)19)4-1-5-13/h2-3,6H,1,4-5,7H2,(H,15,17)(H,18,19). The van der Waals surface area contributed by atoms with Crippen LogP contribution in [-0.4, -0.2) is 28.5 Å². The van der Waals surface area contributed by atoms with E-state index in [1.54, 1.807) is 0 Å². The molecule has 1 aliphatic carbocycles. The molecule has 0 heterocycles. The maximum atomic E-state index is 12.0. The summed E-state index contributed by atoms with van der Waals surface area (Å²) in [4.78, 5) is 33.3. The van der Waals surface area contributed by atoms with Crippen molar-refractivity contribution in [2.24, 2.45) is 5.41 Å². The highest BCUT2D eigenvalue weighted by atomic mass is 35.5. The van der Waals surface area contributed by atoms with Crippen LogP contribution in [0.5, 0.6) is 0 Å². The first-order chi connectivity index (χ1) is 9.85. The van der Waals surface area contributed by atoms with Gasteiger partial charge in [-0.25, -0.2) is 0 Å². The van der Waals surface area contributed by atoms with E-state index in [4.69, 9.17) is 11.6 Å². The summed E-state index contributed by atoms with van der Waals surface area (Å²) in [7, 11) is 0. The monoisotopic (exact) mass is 312 g/mol. The van der Waals surface area contributed by atoms with E-state index in [1.807, 2.05) is 0 Å². The normalized spacial score (nSPS) is 15.9. The molecule has 0 aliphatic heterocycles. The number of benzene rings is 1. The van der Waals surface area contributed by atoms with Crippen molar-refractivity contribution in [3.8, 4) is 0 Å². The summed E-state index contributed by atoms with van der Waals surface area (Å²) in [6, 6.07) is 3.54. The Bertz CT molecular complexity index is 613. The second-order valence-electron chi connectivity index (χ2n) is 5.04. The summed E-state index contributed by atoms with van der Waals surface area (Å²) in [5.74, 6) is -1.56. The number of hydrogen-bond acceptors (Lipinski definition) is 4. The fourth-order valence-electron chi connectivity index (χ4n) is 2.22. The van der Waals surface area contributed by atoms with Gasteiger partial charge in [-0.2, -0.15) is 0 Å². The Balaban J connectivity index is 2.12. The summed E-state index contributed by atoms with van der Waals surface area (Å²) in [6.07, 6.45) is 1.82. The van der Waals surface area contributed by atoms with Gasteiger partial charge in [-0.1, -0.05) is 18.0 Å².